The molecule has 0 bridgehead atoms. The van der Waals surface area contributed by atoms with Crippen molar-refractivity contribution in [2.75, 3.05) is 5.73 Å². The second-order valence-corrected chi connectivity index (χ2v) is 4.58. The Bertz CT molecular complexity index is 570. The molecule has 1 atom stereocenters. The quantitative estimate of drug-likeness (QED) is 0.840. The number of nitrogen functional groups attached to an aromatic ring is 1. The van der Waals surface area contributed by atoms with Crippen molar-refractivity contribution >= 4 is 11.6 Å². The number of nitrogens with two attached hydrogens (primary N) is 1. The summed E-state index contributed by atoms with van der Waals surface area (Å²) in [7, 11) is 0. The van der Waals surface area contributed by atoms with Crippen molar-refractivity contribution in [3.8, 4) is 0 Å². The van der Waals surface area contributed by atoms with Crippen LogP contribution in [-0.4, -0.2) is 10.4 Å². The lowest BCUT2D eigenvalue weighted by molar-refractivity contribution is 0.101. The van der Waals surface area contributed by atoms with Crippen LogP contribution in [-0.2, 0) is 0 Å². The third-order valence-electron chi connectivity index (χ3n) is 3.37. The summed E-state index contributed by atoms with van der Waals surface area (Å²) in [5.41, 5.74) is 8.84. The molecule has 0 radical (unpaired) electrons. The third kappa shape index (κ3) is 2.04. The van der Waals surface area contributed by atoms with Gasteiger partial charge in [-0.2, -0.15) is 0 Å². The minimum Gasteiger partial charge on any atom is -0.385 e. The van der Waals surface area contributed by atoms with Crippen molar-refractivity contribution in [1.29, 1.82) is 0 Å². The van der Waals surface area contributed by atoms with E-state index in [4.69, 9.17) is 5.73 Å². The third-order valence-corrected chi connectivity index (χ3v) is 3.37. The van der Waals surface area contributed by atoms with Gasteiger partial charge in [-0.1, -0.05) is 30.3 Å². The highest BCUT2D eigenvalue weighted by Gasteiger charge is 2.17. The molecule has 1 aromatic carbocycles. The Kier molecular flexibility index (Phi) is 3.24. The van der Waals surface area contributed by atoms with Gasteiger partial charge in [0.15, 0.2) is 5.78 Å². The number of Topliss-reactive ketones (excluding diaryl/α,β-unsaturated/α-hetero) is 1. The van der Waals surface area contributed by atoms with Crippen molar-refractivity contribution in [3.05, 3.63) is 53.2 Å². The predicted molar refractivity (Wildman–Crippen MR) is 73.8 cm³/mol. The highest BCUT2D eigenvalue weighted by Crippen LogP contribution is 2.27. The summed E-state index contributed by atoms with van der Waals surface area (Å²) < 4.78 is 2.01. The number of hydrogen-bond acceptors (Lipinski definition) is 2. The zero-order valence-corrected chi connectivity index (χ0v) is 11.0. The molecule has 0 saturated heterocycles. The van der Waals surface area contributed by atoms with Crippen molar-refractivity contribution in [1.82, 2.24) is 4.57 Å². The van der Waals surface area contributed by atoms with Gasteiger partial charge in [-0.15, -0.1) is 0 Å². The van der Waals surface area contributed by atoms with Crippen LogP contribution in [0.2, 0.25) is 0 Å². The minimum absolute atomic E-state index is 0.0539. The van der Waals surface area contributed by atoms with Crippen LogP contribution in [0, 0.1) is 6.92 Å². The molecule has 0 amide bonds. The van der Waals surface area contributed by atoms with E-state index in [1.165, 1.54) is 5.56 Å². The molecule has 0 unspecified atom stereocenters. The number of aromatic nitrogens is 1. The molecule has 1 aromatic heterocycles. The fraction of sp³-hybridized carbons (Fsp3) is 0.267. The number of ketones is 1. The summed E-state index contributed by atoms with van der Waals surface area (Å²) in [6, 6.07) is 12.0. The van der Waals surface area contributed by atoms with E-state index in [9.17, 15) is 4.79 Å². The molecule has 2 rings (SSSR count). The smallest absolute Gasteiger partial charge is 0.161 e. The zero-order valence-electron chi connectivity index (χ0n) is 11.0. The Morgan fingerprint density at radius 1 is 1.28 bits per heavy atom. The highest BCUT2D eigenvalue weighted by molar-refractivity contribution is 5.96. The largest absolute Gasteiger partial charge is 0.385 e. The maximum Gasteiger partial charge on any atom is 0.161 e. The number of anilines is 1. The summed E-state index contributed by atoms with van der Waals surface area (Å²) >= 11 is 0. The maximum absolute atomic E-state index is 11.5. The Morgan fingerprint density at radius 2 is 1.89 bits per heavy atom. The van der Waals surface area contributed by atoms with E-state index in [0.717, 1.165) is 5.69 Å². The Morgan fingerprint density at radius 3 is 2.39 bits per heavy atom. The van der Waals surface area contributed by atoms with E-state index in [0.29, 0.717) is 11.4 Å². The fourth-order valence-electron chi connectivity index (χ4n) is 2.40. The number of rotatable bonds is 3. The highest BCUT2D eigenvalue weighted by atomic mass is 16.1. The van der Waals surface area contributed by atoms with E-state index in [1.807, 2.05) is 29.7 Å². The Balaban J connectivity index is 2.49. The summed E-state index contributed by atoms with van der Waals surface area (Å²) in [6.07, 6.45) is 0. The molecule has 3 nitrogen and oxygen atoms in total. The van der Waals surface area contributed by atoms with E-state index >= 15 is 0 Å². The molecule has 0 spiro atoms. The summed E-state index contributed by atoms with van der Waals surface area (Å²) in [4.78, 5) is 11.5. The van der Waals surface area contributed by atoms with E-state index in [2.05, 4.69) is 19.1 Å². The molecule has 0 fully saturated rings. The molecule has 2 N–H and O–H groups in total. The first-order chi connectivity index (χ1) is 8.52. The lowest BCUT2D eigenvalue weighted by Gasteiger charge is -2.18. The lowest BCUT2D eigenvalue weighted by atomic mass is 10.1. The van der Waals surface area contributed by atoms with Crippen LogP contribution in [0.15, 0.2) is 36.4 Å². The van der Waals surface area contributed by atoms with E-state index in [1.54, 1.807) is 13.0 Å². The first kappa shape index (κ1) is 12.4. The monoisotopic (exact) mass is 242 g/mol. The normalized spacial score (nSPS) is 12.4. The molecule has 3 heteroatoms. The number of benzene rings is 1. The molecular formula is C15H18N2O. The summed E-state index contributed by atoms with van der Waals surface area (Å²) in [5, 5.41) is 0. The molecule has 18 heavy (non-hydrogen) atoms. The summed E-state index contributed by atoms with van der Waals surface area (Å²) in [6.45, 7) is 5.59. The van der Waals surface area contributed by atoms with Gasteiger partial charge in [-0.25, -0.2) is 0 Å². The summed E-state index contributed by atoms with van der Waals surface area (Å²) in [5.74, 6) is 0.687. The van der Waals surface area contributed by atoms with Crippen molar-refractivity contribution < 1.29 is 4.79 Å². The first-order valence-corrected chi connectivity index (χ1v) is 6.05. The predicted octanol–water partition coefficient (Wildman–Crippen LogP) is 3.19. The van der Waals surface area contributed by atoms with Crippen LogP contribution in [0.25, 0.3) is 0 Å². The second kappa shape index (κ2) is 4.69. The number of nitrogens with zero attached hydrogens (tertiary/aromatic N) is 1. The van der Waals surface area contributed by atoms with Gasteiger partial charge in [0.05, 0.1) is 6.04 Å². The van der Waals surface area contributed by atoms with Gasteiger partial charge in [0, 0.05) is 11.3 Å². The van der Waals surface area contributed by atoms with Gasteiger partial charge in [-0.3, -0.25) is 4.79 Å². The zero-order chi connectivity index (χ0) is 13.3. The SMILES string of the molecule is CC(=O)c1cc(N)n([C@H](C)c2ccccc2)c1C. The van der Waals surface area contributed by atoms with Gasteiger partial charge < -0.3 is 10.3 Å². The van der Waals surface area contributed by atoms with Crippen LogP contribution in [0.4, 0.5) is 5.82 Å². The van der Waals surface area contributed by atoms with Crippen LogP contribution >= 0.6 is 0 Å². The molecule has 0 aliphatic carbocycles. The molecule has 94 valence electrons. The van der Waals surface area contributed by atoms with Gasteiger partial charge in [0.2, 0.25) is 0 Å². The number of carbonyl (C=O) groups excluding carboxylic acids is 1. The maximum atomic E-state index is 11.5. The van der Waals surface area contributed by atoms with Gasteiger partial charge >= 0.3 is 0 Å². The van der Waals surface area contributed by atoms with Crippen molar-refractivity contribution in [3.63, 3.8) is 0 Å². The van der Waals surface area contributed by atoms with E-state index < -0.39 is 0 Å². The number of carbonyl (C=O) groups is 1. The van der Waals surface area contributed by atoms with Crippen LogP contribution in [0.3, 0.4) is 0 Å². The first-order valence-electron chi connectivity index (χ1n) is 6.05. The lowest BCUT2D eigenvalue weighted by Crippen LogP contribution is -2.11. The molecule has 2 aromatic rings. The number of hydrogen-bond donors (Lipinski definition) is 1. The van der Waals surface area contributed by atoms with Crippen LogP contribution < -0.4 is 5.73 Å². The standard InChI is InChI=1S/C15H18N2O/c1-10(13-7-5-4-6-8-13)17-11(2)14(12(3)18)9-15(17)16/h4-10H,16H2,1-3H3/t10-/m1/s1. The fourth-order valence-corrected chi connectivity index (χ4v) is 2.40. The topological polar surface area (TPSA) is 48.0 Å². The van der Waals surface area contributed by atoms with Crippen LogP contribution in [0.5, 0.6) is 0 Å². The Labute approximate surface area is 107 Å². The van der Waals surface area contributed by atoms with Gasteiger partial charge in [-0.05, 0) is 32.4 Å². The van der Waals surface area contributed by atoms with Gasteiger partial charge in [0.1, 0.15) is 5.82 Å². The minimum atomic E-state index is 0.0539. The van der Waals surface area contributed by atoms with E-state index in [-0.39, 0.29) is 11.8 Å². The van der Waals surface area contributed by atoms with Gasteiger partial charge in [0.25, 0.3) is 0 Å². The molecule has 0 saturated carbocycles. The van der Waals surface area contributed by atoms with Crippen LogP contribution in [0.1, 0.15) is 41.5 Å². The molecular weight excluding hydrogens is 224 g/mol. The molecule has 1 heterocycles. The molecule has 0 aliphatic heterocycles. The average Bonchev–Trinajstić information content (AvgIpc) is 2.65. The Hall–Kier alpha value is -2.03. The van der Waals surface area contributed by atoms with Crippen molar-refractivity contribution in [2.24, 2.45) is 0 Å². The second-order valence-electron chi connectivity index (χ2n) is 4.58. The average molecular weight is 242 g/mol. The van der Waals surface area contributed by atoms with Crippen molar-refractivity contribution in [2.45, 2.75) is 26.8 Å². The molecule has 0 aliphatic rings.